The first kappa shape index (κ1) is 21.6. The molecule has 2 aromatic heterocycles. The second-order valence-electron chi connectivity index (χ2n) is 8.34. The summed E-state index contributed by atoms with van der Waals surface area (Å²) in [6, 6.07) is 13.4. The van der Waals surface area contributed by atoms with Gasteiger partial charge in [0.2, 0.25) is 5.91 Å². The molecule has 2 aromatic carbocycles. The van der Waals surface area contributed by atoms with Gasteiger partial charge in [-0.05, 0) is 42.0 Å². The molecule has 0 spiro atoms. The minimum atomic E-state index is -0.350. The van der Waals surface area contributed by atoms with Crippen molar-refractivity contribution in [3.8, 4) is 0 Å². The number of halogens is 1. The van der Waals surface area contributed by atoms with Gasteiger partial charge in [-0.3, -0.25) is 9.69 Å². The van der Waals surface area contributed by atoms with Crippen molar-refractivity contribution in [1.29, 1.82) is 0 Å². The van der Waals surface area contributed by atoms with Crippen LogP contribution >= 0.6 is 11.6 Å². The highest BCUT2D eigenvalue weighted by molar-refractivity contribution is 6.31. The second kappa shape index (κ2) is 8.97. The Hall–Kier alpha value is -3.20. The van der Waals surface area contributed by atoms with E-state index in [1.54, 1.807) is 7.11 Å². The van der Waals surface area contributed by atoms with Crippen LogP contribution < -0.4 is 5.73 Å². The Morgan fingerprint density at radius 3 is 2.88 bits per heavy atom. The van der Waals surface area contributed by atoms with Gasteiger partial charge in [-0.1, -0.05) is 17.7 Å². The zero-order valence-electron chi connectivity index (χ0n) is 18.3. The van der Waals surface area contributed by atoms with Crippen LogP contribution in [0.2, 0.25) is 5.02 Å². The van der Waals surface area contributed by atoms with Gasteiger partial charge in [-0.15, -0.1) is 0 Å². The lowest BCUT2D eigenvalue weighted by atomic mass is 10.1. The van der Waals surface area contributed by atoms with Gasteiger partial charge < -0.3 is 20.4 Å². The molecule has 33 heavy (non-hydrogen) atoms. The number of ether oxygens (including phenoxy) is 1. The number of benzene rings is 2. The van der Waals surface area contributed by atoms with Gasteiger partial charge in [0.25, 0.3) is 0 Å². The molecule has 3 heterocycles. The van der Waals surface area contributed by atoms with E-state index in [4.69, 9.17) is 22.1 Å². The number of amides is 1. The summed E-state index contributed by atoms with van der Waals surface area (Å²) in [6.45, 7) is 2.86. The largest absolute Gasteiger partial charge is 0.383 e. The third-order valence-corrected chi connectivity index (χ3v) is 6.37. The van der Waals surface area contributed by atoms with E-state index >= 15 is 0 Å². The molecule has 1 aliphatic heterocycles. The smallest absolute Gasteiger partial charge is 0.242 e. The molecule has 8 nitrogen and oxygen atoms in total. The molecule has 1 amide bonds. The number of piperazine rings is 1. The van der Waals surface area contributed by atoms with Crippen LogP contribution in [-0.2, 0) is 22.6 Å². The lowest BCUT2D eigenvalue weighted by Gasteiger charge is -2.40. The number of anilines is 1. The third kappa shape index (κ3) is 4.37. The van der Waals surface area contributed by atoms with E-state index in [9.17, 15) is 4.79 Å². The van der Waals surface area contributed by atoms with Gasteiger partial charge in [0.1, 0.15) is 18.2 Å². The first-order valence-corrected chi connectivity index (χ1v) is 11.2. The van der Waals surface area contributed by atoms with Crippen LogP contribution in [0, 0.1) is 0 Å². The summed E-state index contributed by atoms with van der Waals surface area (Å²) in [7, 11) is 1.63. The van der Waals surface area contributed by atoms with Crippen molar-refractivity contribution in [3.63, 3.8) is 0 Å². The van der Waals surface area contributed by atoms with Crippen LogP contribution in [0.5, 0.6) is 0 Å². The summed E-state index contributed by atoms with van der Waals surface area (Å²) in [4.78, 5) is 29.2. The Kier molecular flexibility index (Phi) is 5.88. The van der Waals surface area contributed by atoms with Crippen molar-refractivity contribution >= 4 is 45.1 Å². The second-order valence-corrected chi connectivity index (χ2v) is 8.77. The van der Waals surface area contributed by atoms with Gasteiger partial charge >= 0.3 is 0 Å². The number of nitrogen functional groups attached to an aromatic ring is 1. The lowest BCUT2D eigenvalue weighted by molar-refractivity contribution is -0.145. The van der Waals surface area contributed by atoms with Crippen molar-refractivity contribution in [1.82, 2.24) is 24.8 Å². The molecule has 170 valence electrons. The molecular weight excluding hydrogens is 440 g/mol. The van der Waals surface area contributed by atoms with Crippen LogP contribution in [0.25, 0.3) is 21.8 Å². The molecule has 3 N–H and O–H groups in total. The molecule has 0 saturated carbocycles. The Morgan fingerprint density at radius 2 is 2.03 bits per heavy atom. The third-order valence-electron chi connectivity index (χ3n) is 6.14. The predicted octanol–water partition coefficient (Wildman–Crippen LogP) is 3.21. The summed E-state index contributed by atoms with van der Waals surface area (Å²) in [6.07, 6.45) is 1.46. The Morgan fingerprint density at radius 1 is 1.15 bits per heavy atom. The number of methoxy groups -OCH3 is 1. The van der Waals surface area contributed by atoms with Crippen LogP contribution in [0.15, 0.2) is 48.8 Å². The van der Waals surface area contributed by atoms with Gasteiger partial charge in [0, 0.05) is 60.3 Å². The average Bonchev–Trinajstić information content (AvgIpc) is 3.19. The van der Waals surface area contributed by atoms with E-state index in [2.05, 4.69) is 25.9 Å². The number of fused-ring (bicyclic) bond motifs is 2. The van der Waals surface area contributed by atoms with Crippen LogP contribution in [0.1, 0.15) is 11.3 Å². The van der Waals surface area contributed by atoms with Gasteiger partial charge in [0.05, 0.1) is 12.1 Å². The molecule has 1 saturated heterocycles. The fraction of sp³-hybridized carbons (Fsp3) is 0.292. The first-order valence-electron chi connectivity index (χ1n) is 10.8. The monoisotopic (exact) mass is 464 g/mol. The topological polar surface area (TPSA) is 100 Å². The minimum absolute atomic E-state index is 0.0598. The number of H-pyrrole nitrogens is 1. The number of carbonyl (C=O) groups is 1. The zero-order valence-corrected chi connectivity index (χ0v) is 19.0. The number of nitrogens with one attached hydrogen (secondary N) is 1. The normalized spacial score (nSPS) is 17.3. The molecule has 1 atom stereocenters. The van der Waals surface area contributed by atoms with Crippen molar-refractivity contribution in [2.45, 2.75) is 19.1 Å². The van der Waals surface area contributed by atoms with E-state index in [0.717, 1.165) is 39.6 Å². The first-order chi connectivity index (χ1) is 16.0. The summed E-state index contributed by atoms with van der Waals surface area (Å²) in [5.41, 5.74) is 9.79. The molecule has 0 aliphatic carbocycles. The molecule has 5 rings (SSSR count). The maximum Gasteiger partial charge on any atom is 0.242 e. The van der Waals surface area contributed by atoms with Crippen molar-refractivity contribution in [2.75, 3.05) is 32.5 Å². The molecule has 4 aromatic rings. The fourth-order valence-electron chi connectivity index (χ4n) is 4.47. The zero-order chi connectivity index (χ0) is 22.9. The van der Waals surface area contributed by atoms with Crippen molar-refractivity contribution in [2.24, 2.45) is 0 Å². The molecule has 0 bridgehead atoms. The number of nitrogens with zero attached hydrogens (tertiary/aromatic N) is 4. The summed E-state index contributed by atoms with van der Waals surface area (Å²) in [5, 5.41) is 2.58. The standard InChI is InChI=1S/C24H25ClN6O2/c1-33-13-22-24(32)31(11-15-2-4-19-21(8-15)27-14-28-23(19)26)7-6-30(22)12-18-10-16-9-17(25)3-5-20(16)29-18/h2-5,8-10,14,22,29H,6-7,11-13H2,1H3,(H2,26,27,28). The van der Waals surface area contributed by atoms with Crippen molar-refractivity contribution in [3.05, 3.63) is 65.1 Å². The number of hydrogen-bond acceptors (Lipinski definition) is 6. The number of aromatic nitrogens is 3. The average molecular weight is 465 g/mol. The van der Waals surface area contributed by atoms with E-state index in [-0.39, 0.29) is 11.9 Å². The summed E-state index contributed by atoms with van der Waals surface area (Å²) >= 11 is 6.12. The van der Waals surface area contributed by atoms with E-state index in [0.29, 0.717) is 37.1 Å². The summed E-state index contributed by atoms with van der Waals surface area (Å²) in [5.74, 6) is 0.514. The van der Waals surface area contributed by atoms with Gasteiger partial charge in [-0.2, -0.15) is 0 Å². The summed E-state index contributed by atoms with van der Waals surface area (Å²) < 4.78 is 5.42. The molecule has 9 heteroatoms. The number of aromatic amines is 1. The molecule has 1 unspecified atom stereocenters. The van der Waals surface area contributed by atoms with Gasteiger partial charge in [-0.25, -0.2) is 9.97 Å². The number of carbonyl (C=O) groups excluding carboxylic acids is 1. The SMILES string of the molecule is COCC1C(=O)N(Cc2ccc3c(N)ncnc3c2)CCN1Cc1cc2cc(Cl)ccc2[nH]1. The van der Waals surface area contributed by atoms with Crippen LogP contribution in [0.4, 0.5) is 5.82 Å². The lowest BCUT2D eigenvalue weighted by Crippen LogP contribution is -2.57. The van der Waals surface area contributed by atoms with Crippen LogP contribution in [0.3, 0.4) is 0 Å². The molecule has 1 aliphatic rings. The predicted molar refractivity (Wildman–Crippen MR) is 129 cm³/mol. The number of hydrogen-bond donors (Lipinski definition) is 2. The maximum absolute atomic E-state index is 13.4. The highest BCUT2D eigenvalue weighted by Gasteiger charge is 2.35. The fourth-order valence-corrected chi connectivity index (χ4v) is 4.65. The molecular formula is C24H25ClN6O2. The number of nitrogens with two attached hydrogens (primary N) is 1. The van der Waals surface area contributed by atoms with Crippen LogP contribution in [-0.4, -0.2) is 63.5 Å². The van der Waals surface area contributed by atoms with E-state index in [1.165, 1.54) is 6.33 Å². The molecule has 0 radical (unpaired) electrons. The Bertz CT molecular complexity index is 1320. The quantitative estimate of drug-likeness (QED) is 0.454. The highest BCUT2D eigenvalue weighted by atomic mass is 35.5. The molecule has 1 fully saturated rings. The van der Waals surface area contributed by atoms with E-state index < -0.39 is 0 Å². The van der Waals surface area contributed by atoms with Crippen molar-refractivity contribution < 1.29 is 9.53 Å². The Labute approximate surface area is 196 Å². The van der Waals surface area contributed by atoms with E-state index in [1.807, 2.05) is 41.3 Å². The minimum Gasteiger partial charge on any atom is -0.383 e. The Balaban J connectivity index is 1.33. The van der Waals surface area contributed by atoms with Gasteiger partial charge in [0.15, 0.2) is 0 Å². The highest BCUT2D eigenvalue weighted by Crippen LogP contribution is 2.24. The number of rotatable bonds is 6. The maximum atomic E-state index is 13.4.